The lowest BCUT2D eigenvalue weighted by Crippen LogP contribution is -2.43. The Morgan fingerprint density at radius 2 is 2.38 bits per heavy atom. The number of rotatable bonds is 3. The SMILES string of the molecule is CC(C)(NC(=O)CN)c1cc[nH]c1. The third-order valence-corrected chi connectivity index (χ3v) is 1.96. The summed E-state index contributed by atoms with van der Waals surface area (Å²) in [6.07, 6.45) is 3.68. The summed E-state index contributed by atoms with van der Waals surface area (Å²) in [6, 6.07) is 1.93. The van der Waals surface area contributed by atoms with Gasteiger partial charge in [0.05, 0.1) is 12.1 Å². The molecule has 0 aliphatic rings. The van der Waals surface area contributed by atoms with Crippen LogP contribution in [0.5, 0.6) is 0 Å². The first-order valence-corrected chi connectivity index (χ1v) is 4.20. The average Bonchev–Trinajstić information content (AvgIpc) is 2.55. The molecule has 0 fully saturated rings. The van der Waals surface area contributed by atoms with Gasteiger partial charge in [0.1, 0.15) is 0 Å². The Bertz CT molecular complexity index is 277. The van der Waals surface area contributed by atoms with E-state index in [9.17, 15) is 4.79 Å². The van der Waals surface area contributed by atoms with Crippen LogP contribution in [0.25, 0.3) is 0 Å². The van der Waals surface area contributed by atoms with Gasteiger partial charge in [0.2, 0.25) is 5.91 Å². The molecule has 1 amide bonds. The molecule has 4 nitrogen and oxygen atoms in total. The normalized spacial score (nSPS) is 11.3. The van der Waals surface area contributed by atoms with Crippen LogP contribution < -0.4 is 11.1 Å². The first kappa shape index (κ1) is 9.80. The molecule has 0 aliphatic carbocycles. The Morgan fingerprint density at radius 3 is 2.85 bits per heavy atom. The summed E-state index contributed by atoms with van der Waals surface area (Å²) in [5.74, 6) is -0.147. The molecule has 4 N–H and O–H groups in total. The van der Waals surface area contributed by atoms with E-state index in [0.29, 0.717) is 0 Å². The number of aromatic amines is 1. The summed E-state index contributed by atoms with van der Waals surface area (Å²) in [6.45, 7) is 3.89. The maximum Gasteiger partial charge on any atom is 0.234 e. The van der Waals surface area contributed by atoms with Crippen molar-refractivity contribution in [2.24, 2.45) is 5.73 Å². The smallest absolute Gasteiger partial charge is 0.234 e. The molecular weight excluding hydrogens is 166 g/mol. The fraction of sp³-hybridized carbons (Fsp3) is 0.444. The predicted molar refractivity (Wildman–Crippen MR) is 51.0 cm³/mol. The van der Waals surface area contributed by atoms with E-state index >= 15 is 0 Å². The second kappa shape index (κ2) is 3.62. The summed E-state index contributed by atoms with van der Waals surface area (Å²) in [7, 11) is 0. The lowest BCUT2D eigenvalue weighted by molar-refractivity contribution is -0.121. The molecule has 0 aromatic carbocycles. The van der Waals surface area contributed by atoms with Crippen molar-refractivity contribution < 1.29 is 4.79 Å². The van der Waals surface area contributed by atoms with Gasteiger partial charge in [0.25, 0.3) is 0 Å². The zero-order valence-corrected chi connectivity index (χ0v) is 7.92. The summed E-state index contributed by atoms with van der Waals surface area (Å²) in [4.78, 5) is 14.0. The monoisotopic (exact) mass is 181 g/mol. The summed E-state index contributed by atoms with van der Waals surface area (Å²) in [5, 5.41) is 2.82. The van der Waals surface area contributed by atoms with E-state index in [4.69, 9.17) is 5.73 Å². The van der Waals surface area contributed by atoms with Gasteiger partial charge in [0.15, 0.2) is 0 Å². The highest BCUT2D eigenvalue weighted by atomic mass is 16.1. The highest BCUT2D eigenvalue weighted by Gasteiger charge is 2.22. The van der Waals surface area contributed by atoms with Crippen molar-refractivity contribution in [3.05, 3.63) is 24.0 Å². The van der Waals surface area contributed by atoms with Crippen LogP contribution in [-0.2, 0) is 10.3 Å². The van der Waals surface area contributed by atoms with Crippen LogP contribution >= 0.6 is 0 Å². The molecule has 0 bridgehead atoms. The predicted octanol–water partition coefficient (Wildman–Crippen LogP) is 0.325. The van der Waals surface area contributed by atoms with Gasteiger partial charge in [-0.3, -0.25) is 4.79 Å². The van der Waals surface area contributed by atoms with Crippen LogP contribution in [0.2, 0.25) is 0 Å². The standard InChI is InChI=1S/C9H15N3O/c1-9(2,12-8(13)5-10)7-3-4-11-6-7/h3-4,6,11H,5,10H2,1-2H3,(H,12,13). The van der Waals surface area contributed by atoms with E-state index in [-0.39, 0.29) is 18.0 Å². The van der Waals surface area contributed by atoms with Crippen LogP contribution in [0.15, 0.2) is 18.5 Å². The number of hydrogen-bond acceptors (Lipinski definition) is 2. The van der Waals surface area contributed by atoms with Crippen molar-refractivity contribution >= 4 is 5.91 Å². The molecule has 1 rings (SSSR count). The van der Waals surface area contributed by atoms with Crippen LogP contribution in [0, 0.1) is 0 Å². The van der Waals surface area contributed by atoms with Gasteiger partial charge in [-0.1, -0.05) is 0 Å². The number of amides is 1. The Morgan fingerprint density at radius 1 is 1.69 bits per heavy atom. The molecule has 4 heteroatoms. The van der Waals surface area contributed by atoms with Crippen LogP contribution in [-0.4, -0.2) is 17.4 Å². The molecular formula is C9H15N3O. The molecule has 0 unspecified atom stereocenters. The molecule has 0 radical (unpaired) electrons. The minimum absolute atomic E-state index is 0.0217. The van der Waals surface area contributed by atoms with Gasteiger partial charge in [-0.25, -0.2) is 0 Å². The van der Waals surface area contributed by atoms with E-state index in [0.717, 1.165) is 5.56 Å². The fourth-order valence-electron chi connectivity index (χ4n) is 1.18. The van der Waals surface area contributed by atoms with E-state index in [1.807, 2.05) is 32.3 Å². The van der Waals surface area contributed by atoms with Crippen molar-refractivity contribution in [1.29, 1.82) is 0 Å². The first-order valence-electron chi connectivity index (χ1n) is 4.20. The molecule has 72 valence electrons. The zero-order chi connectivity index (χ0) is 9.90. The van der Waals surface area contributed by atoms with Gasteiger partial charge >= 0.3 is 0 Å². The van der Waals surface area contributed by atoms with Crippen molar-refractivity contribution in [2.75, 3.05) is 6.54 Å². The maximum atomic E-state index is 11.1. The molecule has 1 aromatic heterocycles. The molecule has 0 saturated heterocycles. The number of nitrogens with one attached hydrogen (secondary N) is 2. The van der Waals surface area contributed by atoms with Gasteiger partial charge in [-0.2, -0.15) is 0 Å². The second-order valence-electron chi connectivity index (χ2n) is 3.48. The number of nitrogens with two attached hydrogens (primary N) is 1. The molecule has 0 spiro atoms. The Balaban J connectivity index is 2.72. The van der Waals surface area contributed by atoms with Gasteiger partial charge in [0, 0.05) is 12.4 Å². The minimum Gasteiger partial charge on any atom is -0.367 e. The van der Waals surface area contributed by atoms with E-state index in [2.05, 4.69) is 10.3 Å². The third kappa shape index (κ3) is 2.32. The molecule has 13 heavy (non-hydrogen) atoms. The molecule has 0 aliphatic heterocycles. The van der Waals surface area contributed by atoms with E-state index < -0.39 is 0 Å². The second-order valence-corrected chi connectivity index (χ2v) is 3.48. The van der Waals surface area contributed by atoms with Gasteiger partial charge in [-0.15, -0.1) is 0 Å². The Labute approximate surface area is 77.5 Å². The number of carbonyl (C=O) groups excluding carboxylic acids is 1. The van der Waals surface area contributed by atoms with Crippen molar-refractivity contribution in [1.82, 2.24) is 10.3 Å². The van der Waals surface area contributed by atoms with Gasteiger partial charge in [-0.05, 0) is 25.5 Å². The van der Waals surface area contributed by atoms with Gasteiger partial charge < -0.3 is 16.0 Å². The summed E-state index contributed by atoms with van der Waals surface area (Å²) in [5.41, 5.74) is 5.88. The highest BCUT2D eigenvalue weighted by Crippen LogP contribution is 2.18. The van der Waals surface area contributed by atoms with E-state index in [1.54, 1.807) is 0 Å². The summed E-state index contributed by atoms with van der Waals surface area (Å²) >= 11 is 0. The van der Waals surface area contributed by atoms with Crippen LogP contribution in [0.3, 0.4) is 0 Å². The fourth-order valence-corrected chi connectivity index (χ4v) is 1.18. The molecule has 1 aromatic rings. The van der Waals surface area contributed by atoms with Crippen LogP contribution in [0.1, 0.15) is 19.4 Å². The minimum atomic E-state index is -0.365. The van der Waals surface area contributed by atoms with Crippen LogP contribution in [0.4, 0.5) is 0 Å². The summed E-state index contributed by atoms with van der Waals surface area (Å²) < 4.78 is 0. The lowest BCUT2D eigenvalue weighted by Gasteiger charge is -2.25. The highest BCUT2D eigenvalue weighted by molar-refractivity contribution is 5.78. The first-order chi connectivity index (χ1) is 6.06. The van der Waals surface area contributed by atoms with E-state index in [1.165, 1.54) is 0 Å². The largest absolute Gasteiger partial charge is 0.367 e. The molecule has 1 heterocycles. The Hall–Kier alpha value is -1.29. The van der Waals surface area contributed by atoms with Crippen molar-refractivity contribution in [3.63, 3.8) is 0 Å². The maximum absolute atomic E-state index is 11.1. The number of H-pyrrole nitrogens is 1. The lowest BCUT2D eigenvalue weighted by atomic mass is 9.97. The Kier molecular flexibility index (Phi) is 2.72. The molecule has 0 atom stereocenters. The zero-order valence-electron chi connectivity index (χ0n) is 7.92. The number of aromatic nitrogens is 1. The quantitative estimate of drug-likeness (QED) is 0.628. The third-order valence-electron chi connectivity index (χ3n) is 1.96. The van der Waals surface area contributed by atoms with Crippen molar-refractivity contribution in [2.45, 2.75) is 19.4 Å². The number of hydrogen-bond donors (Lipinski definition) is 3. The number of carbonyl (C=O) groups is 1. The average molecular weight is 181 g/mol. The van der Waals surface area contributed by atoms with Crippen molar-refractivity contribution in [3.8, 4) is 0 Å². The topological polar surface area (TPSA) is 70.9 Å². The molecule has 0 saturated carbocycles.